The highest BCUT2D eigenvalue weighted by Gasteiger charge is 2.06. The van der Waals surface area contributed by atoms with Gasteiger partial charge in [-0.05, 0) is 46.4 Å². The average Bonchev–Trinajstić information content (AvgIpc) is 2.43. The first-order valence-corrected chi connectivity index (χ1v) is 7.76. The Morgan fingerprint density at radius 3 is 1.95 bits per heavy atom. The van der Waals surface area contributed by atoms with Gasteiger partial charge in [-0.3, -0.25) is 4.98 Å². The molecule has 1 nitrogen and oxygen atoms in total. The van der Waals surface area contributed by atoms with Crippen molar-refractivity contribution in [2.75, 3.05) is 0 Å². The summed E-state index contributed by atoms with van der Waals surface area (Å²) in [5, 5.41) is 3.82. The molecule has 0 aliphatic rings. The quantitative estimate of drug-likeness (QED) is 0.485. The molecule has 0 saturated carbocycles. The lowest BCUT2D eigenvalue weighted by atomic mass is 9.97. The Morgan fingerprint density at radius 2 is 1.38 bits per heavy atom. The Bertz CT molecular complexity index is 723. The van der Waals surface area contributed by atoms with Gasteiger partial charge in [-0.25, -0.2) is 0 Å². The highest BCUT2D eigenvalue weighted by atomic mass is 14.6. The number of rotatable bonds is 1. The van der Waals surface area contributed by atoms with Crippen LogP contribution in [0, 0.1) is 5.92 Å². The second kappa shape index (κ2) is 6.71. The van der Waals surface area contributed by atoms with Crippen LogP contribution in [0.25, 0.3) is 21.7 Å². The number of nitrogens with zero attached hydrogens (tertiary/aromatic N) is 1. The number of hydrogen-bond acceptors (Lipinski definition) is 1. The van der Waals surface area contributed by atoms with Crippen LogP contribution in [0.2, 0.25) is 0 Å². The molecule has 2 aromatic carbocycles. The maximum absolute atomic E-state index is 4.47. The normalized spacial score (nSPS) is 11.0. The van der Waals surface area contributed by atoms with Gasteiger partial charge in [0, 0.05) is 11.6 Å². The van der Waals surface area contributed by atoms with Gasteiger partial charge in [-0.2, -0.15) is 0 Å². The second-order valence-electron chi connectivity index (χ2n) is 6.50. The predicted octanol–water partition coefficient (Wildman–Crippen LogP) is 6.17. The third-order valence-corrected chi connectivity index (χ3v) is 3.26. The van der Waals surface area contributed by atoms with Crippen molar-refractivity contribution in [3.8, 4) is 0 Å². The zero-order valence-corrected chi connectivity index (χ0v) is 13.7. The summed E-state index contributed by atoms with van der Waals surface area (Å²) in [6.07, 6.45) is 1.91. The third-order valence-electron chi connectivity index (χ3n) is 3.26. The molecule has 0 aliphatic heterocycles. The fourth-order valence-corrected chi connectivity index (χ4v) is 2.36. The maximum atomic E-state index is 4.47. The van der Waals surface area contributed by atoms with Crippen molar-refractivity contribution >= 4 is 21.7 Å². The van der Waals surface area contributed by atoms with Gasteiger partial charge < -0.3 is 0 Å². The summed E-state index contributed by atoms with van der Waals surface area (Å²) >= 11 is 0. The number of aromatic nitrogens is 1. The lowest BCUT2D eigenvalue weighted by Gasteiger charge is -2.10. The number of fused-ring (bicyclic) bond motifs is 2. The molecule has 0 bridgehead atoms. The molecular formula is C20H25N. The van der Waals surface area contributed by atoms with E-state index in [1.807, 2.05) is 6.20 Å². The molecule has 0 amide bonds. The minimum absolute atomic E-state index is 0.529. The van der Waals surface area contributed by atoms with E-state index in [0.717, 1.165) is 11.4 Å². The minimum Gasteiger partial charge on any atom is -0.256 e. The molecule has 3 rings (SSSR count). The fraction of sp³-hybridized carbons (Fsp3) is 0.350. The lowest BCUT2D eigenvalue weighted by Crippen LogP contribution is -1.91. The molecule has 1 heteroatoms. The molecule has 0 radical (unpaired) electrons. The third kappa shape index (κ3) is 3.81. The standard InChI is InChI=1S/C16H15N.C4H10/c1-11(2)14-7-8-17-16-10-13-6-4-3-5-12(13)9-15(14)16;1-4(2)3/h3-11H,1-2H3;4H,1-3H3. The van der Waals surface area contributed by atoms with Gasteiger partial charge in [0.05, 0.1) is 5.52 Å². The van der Waals surface area contributed by atoms with Crippen molar-refractivity contribution in [2.24, 2.45) is 5.92 Å². The average molecular weight is 279 g/mol. The van der Waals surface area contributed by atoms with E-state index in [-0.39, 0.29) is 0 Å². The number of hydrogen-bond donors (Lipinski definition) is 0. The zero-order chi connectivity index (χ0) is 15.4. The van der Waals surface area contributed by atoms with Crippen molar-refractivity contribution < 1.29 is 0 Å². The molecule has 0 N–H and O–H groups in total. The van der Waals surface area contributed by atoms with Crippen LogP contribution >= 0.6 is 0 Å². The molecule has 3 aromatic rings. The van der Waals surface area contributed by atoms with Crippen LogP contribution in [0.1, 0.15) is 46.1 Å². The molecule has 1 heterocycles. The summed E-state index contributed by atoms with van der Waals surface area (Å²) in [5.74, 6) is 1.36. The van der Waals surface area contributed by atoms with Gasteiger partial charge in [0.1, 0.15) is 0 Å². The van der Waals surface area contributed by atoms with Crippen LogP contribution in [0.15, 0.2) is 48.7 Å². The van der Waals surface area contributed by atoms with Gasteiger partial charge in [-0.15, -0.1) is 0 Å². The summed E-state index contributed by atoms with van der Waals surface area (Å²) in [6, 6.07) is 15.0. The smallest absolute Gasteiger partial charge is 0.0711 e. The van der Waals surface area contributed by atoms with Gasteiger partial charge in [0.25, 0.3) is 0 Å². The molecule has 0 spiro atoms. The van der Waals surface area contributed by atoms with Crippen LogP contribution in [-0.4, -0.2) is 4.98 Å². The molecular weight excluding hydrogens is 254 g/mol. The summed E-state index contributed by atoms with van der Waals surface area (Å²) in [6.45, 7) is 11.0. The van der Waals surface area contributed by atoms with Crippen LogP contribution < -0.4 is 0 Å². The van der Waals surface area contributed by atoms with E-state index < -0.39 is 0 Å². The van der Waals surface area contributed by atoms with Gasteiger partial charge in [-0.1, -0.05) is 58.9 Å². The van der Waals surface area contributed by atoms with Crippen molar-refractivity contribution in [3.05, 3.63) is 54.2 Å². The van der Waals surface area contributed by atoms with Crippen molar-refractivity contribution in [1.82, 2.24) is 4.98 Å². The van der Waals surface area contributed by atoms with E-state index in [1.165, 1.54) is 21.7 Å². The van der Waals surface area contributed by atoms with E-state index in [9.17, 15) is 0 Å². The highest BCUT2D eigenvalue weighted by Crippen LogP contribution is 2.27. The molecule has 1 aromatic heterocycles. The number of pyridine rings is 1. The molecule has 110 valence electrons. The lowest BCUT2D eigenvalue weighted by molar-refractivity contribution is 0.737. The second-order valence-corrected chi connectivity index (χ2v) is 6.50. The Hall–Kier alpha value is -1.89. The first-order valence-electron chi connectivity index (χ1n) is 7.76. The summed E-state index contributed by atoms with van der Waals surface area (Å²) in [5.41, 5.74) is 2.47. The van der Waals surface area contributed by atoms with Crippen molar-refractivity contribution in [1.29, 1.82) is 0 Å². The largest absolute Gasteiger partial charge is 0.256 e. The summed E-state index contributed by atoms with van der Waals surface area (Å²) in [7, 11) is 0. The SMILES string of the molecule is CC(C)C.CC(C)c1ccnc2cc3ccccc3cc12. The van der Waals surface area contributed by atoms with Gasteiger partial charge >= 0.3 is 0 Å². The predicted molar refractivity (Wildman–Crippen MR) is 93.9 cm³/mol. The first kappa shape index (κ1) is 15.5. The van der Waals surface area contributed by atoms with E-state index in [0.29, 0.717) is 5.92 Å². The van der Waals surface area contributed by atoms with Crippen molar-refractivity contribution in [3.63, 3.8) is 0 Å². The zero-order valence-electron chi connectivity index (χ0n) is 13.7. The Balaban J connectivity index is 0.000000361. The maximum Gasteiger partial charge on any atom is 0.0711 e. The summed E-state index contributed by atoms with van der Waals surface area (Å²) in [4.78, 5) is 4.47. The fourth-order valence-electron chi connectivity index (χ4n) is 2.36. The van der Waals surface area contributed by atoms with Crippen LogP contribution in [0.4, 0.5) is 0 Å². The van der Waals surface area contributed by atoms with Gasteiger partial charge in [0.15, 0.2) is 0 Å². The molecule has 0 atom stereocenters. The van der Waals surface area contributed by atoms with Crippen LogP contribution in [-0.2, 0) is 0 Å². The first-order chi connectivity index (χ1) is 9.99. The molecule has 0 aliphatic carbocycles. The Kier molecular flexibility index (Phi) is 4.95. The minimum atomic E-state index is 0.529. The molecule has 0 unspecified atom stereocenters. The molecule has 0 fully saturated rings. The van der Waals surface area contributed by atoms with E-state index in [1.54, 1.807) is 0 Å². The monoisotopic (exact) mass is 279 g/mol. The van der Waals surface area contributed by atoms with E-state index in [4.69, 9.17) is 0 Å². The van der Waals surface area contributed by atoms with E-state index in [2.05, 4.69) is 82.1 Å². The van der Waals surface area contributed by atoms with Crippen LogP contribution in [0.5, 0.6) is 0 Å². The Labute approximate surface area is 128 Å². The Morgan fingerprint density at radius 1 is 0.810 bits per heavy atom. The summed E-state index contributed by atoms with van der Waals surface area (Å²) < 4.78 is 0. The van der Waals surface area contributed by atoms with Gasteiger partial charge in [0.2, 0.25) is 0 Å². The molecule has 0 saturated heterocycles. The topological polar surface area (TPSA) is 12.9 Å². The number of benzene rings is 2. The van der Waals surface area contributed by atoms with Crippen molar-refractivity contribution in [2.45, 2.75) is 40.5 Å². The van der Waals surface area contributed by atoms with E-state index >= 15 is 0 Å². The molecule has 21 heavy (non-hydrogen) atoms. The highest BCUT2D eigenvalue weighted by molar-refractivity contribution is 5.97. The van der Waals surface area contributed by atoms with Crippen LogP contribution in [0.3, 0.4) is 0 Å².